The summed E-state index contributed by atoms with van der Waals surface area (Å²) in [6.45, 7) is 1.99. The minimum Gasteiger partial charge on any atom is -0.493 e. The minimum absolute atomic E-state index is 0.0277. The van der Waals surface area contributed by atoms with Crippen LogP contribution in [0.1, 0.15) is 5.56 Å². The molecule has 0 saturated carbocycles. The number of hydrogen-bond donors (Lipinski definition) is 0. The van der Waals surface area contributed by atoms with E-state index in [1.165, 1.54) is 29.8 Å². The van der Waals surface area contributed by atoms with Gasteiger partial charge in [-0.1, -0.05) is 18.2 Å². The number of carbonyl (C=O) groups is 1. The van der Waals surface area contributed by atoms with Gasteiger partial charge in [-0.15, -0.1) is 0 Å². The van der Waals surface area contributed by atoms with Crippen molar-refractivity contribution in [3.05, 3.63) is 59.9 Å². The van der Waals surface area contributed by atoms with Crippen molar-refractivity contribution in [2.24, 2.45) is 5.41 Å². The van der Waals surface area contributed by atoms with Crippen LogP contribution in [0.2, 0.25) is 0 Å². The number of ether oxygens (including phenoxy) is 2. The summed E-state index contributed by atoms with van der Waals surface area (Å²) >= 11 is 0. The molecule has 4 nitrogen and oxygen atoms in total. The van der Waals surface area contributed by atoms with Crippen LogP contribution in [0.3, 0.4) is 0 Å². The maximum Gasteiger partial charge on any atom is 0.260 e. The summed E-state index contributed by atoms with van der Waals surface area (Å²) in [6.07, 6.45) is 0.936. The molecule has 2 aromatic carbocycles. The molecule has 5 heteroatoms. The molecule has 0 atom stereocenters. The number of nitrogens with zero attached hydrogens (tertiary/aromatic N) is 1. The summed E-state index contributed by atoms with van der Waals surface area (Å²) in [5.74, 6) is 1.07. The number of para-hydroxylation sites is 1. The molecule has 0 aromatic heterocycles. The lowest BCUT2D eigenvalue weighted by molar-refractivity contribution is -0.148. The van der Waals surface area contributed by atoms with Gasteiger partial charge in [-0.2, -0.15) is 0 Å². The number of carbonyl (C=O) groups excluding carboxylic acids is 1. The Bertz CT molecular complexity index is 753. The zero-order valence-corrected chi connectivity index (χ0v) is 13.2. The minimum atomic E-state index is -0.323. The molecule has 1 saturated heterocycles. The largest absolute Gasteiger partial charge is 0.493 e. The number of amides is 1. The first kappa shape index (κ1) is 15.0. The Labute approximate surface area is 139 Å². The lowest BCUT2D eigenvalue weighted by Gasteiger charge is -2.51. The van der Waals surface area contributed by atoms with Crippen molar-refractivity contribution in [3.63, 3.8) is 0 Å². The summed E-state index contributed by atoms with van der Waals surface area (Å²) in [4.78, 5) is 14.0. The van der Waals surface area contributed by atoms with Crippen molar-refractivity contribution in [3.8, 4) is 11.5 Å². The summed E-state index contributed by atoms with van der Waals surface area (Å²) < 4.78 is 24.1. The maximum atomic E-state index is 12.8. The van der Waals surface area contributed by atoms with Gasteiger partial charge in [0, 0.05) is 18.5 Å². The van der Waals surface area contributed by atoms with Crippen molar-refractivity contribution < 1.29 is 18.7 Å². The quantitative estimate of drug-likeness (QED) is 0.870. The summed E-state index contributed by atoms with van der Waals surface area (Å²) in [5, 5.41) is 0. The van der Waals surface area contributed by atoms with E-state index in [1.807, 2.05) is 18.2 Å². The van der Waals surface area contributed by atoms with E-state index >= 15 is 0 Å². The molecule has 1 amide bonds. The molecule has 0 bridgehead atoms. The number of rotatable bonds is 3. The molecule has 2 heterocycles. The molecule has 24 heavy (non-hydrogen) atoms. The van der Waals surface area contributed by atoms with Gasteiger partial charge in [-0.05, 0) is 42.3 Å². The Kier molecular flexibility index (Phi) is 3.63. The molecule has 1 spiro atoms. The second kappa shape index (κ2) is 5.82. The fraction of sp³-hybridized carbons (Fsp3) is 0.316. The van der Waals surface area contributed by atoms with Crippen LogP contribution >= 0.6 is 0 Å². The highest BCUT2D eigenvalue weighted by molar-refractivity contribution is 5.79. The van der Waals surface area contributed by atoms with Crippen LogP contribution < -0.4 is 9.47 Å². The number of benzene rings is 2. The van der Waals surface area contributed by atoms with E-state index in [0.29, 0.717) is 25.4 Å². The van der Waals surface area contributed by atoms with Crippen molar-refractivity contribution in [1.82, 2.24) is 4.90 Å². The van der Waals surface area contributed by atoms with Crippen LogP contribution in [0, 0.1) is 11.2 Å². The molecule has 124 valence electrons. The van der Waals surface area contributed by atoms with Gasteiger partial charge in [0.2, 0.25) is 0 Å². The lowest BCUT2D eigenvalue weighted by atomic mass is 9.74. The van der Waals surface area contributed by atoms with Gasteiger partial charge in [-0.25, -0.2) is 4.39 Å². The van der Waals surface area contributed by atoms with Gasteiger partial charge in [0.1, 0.15) is 17.3 Å². The average Bonchev–Trinajstić information content (AvgIpc) is 2.58. The molecule has 1 fully saturated rings. The zero-order chi connectivity index (χ0) is 16.6. The first-order chi connectivity index (χ1) is 11.6. The predicted octanol–water partition coefficient (Wildman–Crippen LogP) is 2.67. The van der Waals surface area contributed by atoms with Gasteiger partial charge in [0.05, 0.1) is 6.61 Å². The topological polar surface area (TPSA) is 38.8 Å². The summed E-state index contributed by atoms with van der Waals surface area (Å²) in [6, 6.07) is 13.7. The molecule has 2 aromatic rings. The van der Waals surface area contributed by atoms with Crippen molar-refractivity contribution in [2.45, 2.75) is 6.42 Å². The van der Waals surface area contributed by atoms with Crippen LogP contribution in [-0.4, -0.2) is 37.1 Å². The first-order valence-corrected chi connectivity index (χ1v) is 8.00. The average molecular weight is 327 g/mol. The standard InChI is InChI=1S/C19H18FNO3/c20-15-5-7-16(8-6-15)23-10-18(22)21-11-19(12-21)9-14-3-1-2-4-17(14)24-13-19/h1-8H,9-13H2. The number of halogens is 1. The molecule has 0 aliphatic carbocycles. The van der Waals surface area contributed by atoms with E-state index in [2.05, 4.69) is 6.07 Å². The van der Waals surface area contributed by atoms with Crippen LogP contribution in [0.25, 0.3) is 0 Å². The Morgan fingerprint density at radius 1 is 1.17 bits per heavy atom. The Hall–Kier alpha value is -2.56. The van der Waals surface area contributed by atoms with E-state index in [9.17, 15) is 9.18 Å². The van der Waals surface area contributed by atoms with Gasteiger partial charge in [0.25, 0.3) is 5.91 Å². The SMILES string of the molecule is O=C(COc1ccc(F)cc1)N1CC2(COc3ccccc3C2)C1. The van der Waals surface area contributed by atoms with Gasteiger partial charge >= 0.3 is 0 Å². The number of hydrogen-bond acceptors (Lipinski definition) is 3. The maximum absolute atomic E-state index is 12.8. The van der Waals surface area contributed by atoms with E-state index in [1.54, 1.807) is 4.90 Å². The normalized spacial score (nSPS) is 17.6. The predicted molar refractivity (Wildman–Crippen MR) is 86.5 cm³/mol. The van der Waals surface area contributed by atoms with Crippen molar-refractivity contribution >= 4 is 5.91 Å². The van der Waals surface area contributed by atoms with Gasteiger partial charge < -0.3 is 14.4 Å². The zero-order valence-electron chi connectivity index (χ0n) is 13.2. The van der Waals surface area contributed by atoms with Crippen LogP contribution in [-0.2, 0) is 11.2 Å². The fourth-order valence-electron chi connectivity index (χ4n) is 3.39. The summed E-state index contributed by atoms with van der Waals surface area (Å²) in [5.41, 5.74) is 1.23. The van der Waals surface area contributed by atoms with E-state index in [4.69, 9.17) is 9.47 Å². The lowest BCUT2D eigenvalue weighted by Crippen LogP contribution is -2.63. The van der Waals surface area contributed by atoms with Crippen LogP contribution in [0.15, 0.2) is 48.5 Å². The molecule has 2 aliphatic rings. The highest BCUT2D eigenvalue weighted by Crippen LogP contribution is 2.40. The number of fused-ring (bicyclic) bond motifs is 1. The summed E-state index contributed by atoms with van der Waals surface area (Å²) in [7, 11) is 0. The van der Waals surface area contributed by atoms with Gasteiger partial charge in [-0.3, -0.25) is 4.79 Å². The van der Waals surface area contributed by atoms with Crippen molar-refractivity contribution in [1.29, 1.82) is 0 Å². The molecule has 0 unspecified atom stereocenters. The second-order valence-electron chi connectivity index (χ2n) is 6.57. The third kappa shape index (κ3) is 2.82. The molecule has 4 rings (SSSR count). The van der Waals surface area contributed by atoms with Gasteiger partial charge in [0.15, 0.2) is 6.61 Å². The third-order valence-corrected chi connectivity index (χ3v) is 4.65. The second-order valence-corrected chi connectivity index (χ2v) is 6.57. The third-order valence-electron chi connectivity index (χ3n) is 4.65. The highest BCUT2D eigenvalue weighted by atomic mass is 19.1. The highest BCUT2D eigenvalue weighted by Gasteiger charge is 2.48. The number of likely N-dealkylation sites (tertiary alicyclic amines) is 1. The molecule has 0 N–H and O–H groups in total. The monoisotopic (exact) mass is 327 g/mol. The molecule has 2 aliphatic heterocycles. The Morgan fingerprint density at radius 2 is 1.92 bits per heavy atom. The fourth-order valence-corrected chi connectivity index (χ4v) is 3.39. The van der Waals surface area contributed by atoms with Crippen LogP contribution in [0.4, 0.5) is 4.39 Å². The van der Waals surface area contributed by atoms with E-state index in [0.717, 1.165) is 12.2 Å². The molecular weight excluding hydrogens is 309 g/mol. The van der Waals surface area contributed by atoms with Crippen molar-refractivity contribution in [2.75, 3.05) is 26.3 Å². The van der Waals surface area contributed by atoms with E-state index < -0.39 is 0 Å². The molecule has 0 radical (unpaired) electrons. The Morgan fingerprint density at radius 3 is 2.71 bits per heavy atom. The smallest absolute Gasteiger partial charge is 0.260 e. The first-order valence-electron chi connectivity index (χ1n) is 8.00. The molecular formula is C19H18FNO3. The Balaban J connectivity index is 1.31. The van der Waals surface area contributed by atoms with E-state index in [-0.39, 0.29) is 23.7 Å². The van der Waals surface area contributed by atoms with Crippen LogP contribution in [0.5, 0.6) is 11.5 Å².